The molecule has 0 saturated heterocycles. The van der Waals surface area contributed by atoms with Crippen molar-refractivity contribution >= 4 is 17.5 Å². The van der Waals surface area contributed by atoms with Gasteiger partial charge in [0.2, 0.25) is 11.8 Å². The first-order valence-corrected chi connectivity index (χ1v) is 5.80. The van der Waals surface area contributed by atoms with Crippen molar-refractivity contribution in [2.45, 2.75) is 19.8 Å². The molecule has 1 aromatic rings. The number of rotatable bonds is 1. The lowest BCUT2D eigenvalue weighted by Gasteiger charge is -2.27. The first-order chi connectivity index (χ1) is 8.49. The van der Waals surface area contributed by atoms with Crippen molar-refractivity contribution < 1.29 is 9.59 Å². The van der Waals surface area contributed by atoms with Crippen LogP contribution < -0.4 is 11.2 Å². The van der Waals surface area contributed by atoms with Crippen LogP contribution >= 0.6 is 0 Å². The second-order valence-corrected chi connectivity index (χ2v) is 5.15. The third-order valence-corrected chi connectivity index (χ3v) is 3.64. The molecule has 2 amide bonds. The minimum Gasteiger partial charge on any atom is -0.366 e. The summed E-state index contributed by atoms with van der Waals surface area (Å²) in [5.41, 5.74) is 11.0. The minimum absolute atomic E-state index is 0.0656. The van der Waals surface area contributed by atoms with Crippen LogP contribution in [0.3, 0.4) is 0 Å². The highest BCUT2D eigenvalue weighted by atomic mass is 16.2. The zero-order chi connectivity index (χ0) is 12.9. The van der Waals surface area contributed by atoms with Crippen LogP contribution in [0.4, 0.5) is 0 Å². The van der Waals surface area contributed by atoms with Crippen LogP contribution in [0.15, 0.2) is 23.3 Å². The molecule has 1 aliphatic heterocycles. The standard InChI is InChI=1S/C13H13N3O2/c1-13-5-8-4-7(12(14)18)2-3-9(8)11(13)16-15-10(17)6-13/h2-4H,5-6H2,1H3,(H2,14,18)(H,15,17). The average Bonchev–Trinajstić information content (AvgIpc) is 2.58. The van der Waals surface area contributed by atoms with Gasteiger partial charge in [0.25, 0.3) is 0 Å². The van der Waals surface area contributed by atoms with Crippen LogP contribution in [0.2, 0.25) is 0 Å². The summed E-state index contributed by atoms with van der Waals surface area (Å²) in [4.78, 5) is 22.6. The van der Waals surface area contributed by atoms with Crippen molar-refractivity contribution in [1.29, 1.82) is 0 Å². The van der Waals surface area contributed by atoms with Crippen molar-refractivity contribution in [3.05, 3.63) is 34.9 Å². The first kappa shape index (κ1) is 11.0. The summed E-state index contributed by atoms with van der Waals surface area (Å²) >= 11 is 0. The molecule has 0 bridgehead atoms. The smallest absolute Gasteiger partial charge is 0.248 e. The van der Waals surface area contributed by atoms with Crippen LogP contribution in [-0.4, -0.2) is 17.5 Å². The molecule has 92 valence electrons. The fourth-order valence-corrected chi connectivity index (χ4v) is 2.81. The van der Waals surface area contributed by atoms with Gasteiger partial charge in [-0.2, -0.15) is 5.10 Å². The Morgan fingerprint density at radius 1 is 1.44 bits per heavy atom. The Hall–Kier alpha value is -2.17. The van der Waals surface area contributed by atoms with Crippen LogP contribution in [-0.2, 0) is 11.2 Å². The summed E-state index contributed by atoms with van der Waals surface area (Å²) in [6.07, 6.45) is 1.14. The number of nitrogens with two attached hydrogens (primary N) is 1. The maximum Gasteiger partial charge on any atom is 0.248 e. The zero-order valence-electron chi connectivity index (χ0n) is 9.99. The van der Waals surface area contributed by atoms with Gasteiger partial charge in [0.1, 0.15) is 0 Å². The molecule has 1 unspecified atom stereocenters. The largest absolute Gasteiger partial charge is 0.366 e. The Balaban J connectivity index is 2.11. The predicted molar refractivity (Wildman–Crippen MR) is 66.1 cm³/mol. The monoisotopic (exact) mass is 243 g/mol. The lowest BCUT2D eigenvalue weighted by Crippen LogP contribution is -2.38. The molecule has 1 atom stereocenters. The summed E-state index contributed by atoms with van der Waals surface area (Å²) in [5.74, 6) is -0.502. The quantitative estimate of drug-likeness (QED) is 0.755. The number of hydrogen-bond acceptors (Lipinski definition) is 3. The normalized spacial score (nSPS) is 24.9. The number of benzene rings is 1. The zero-order valence-corrected chi connectivity index (χ0v) is 9.99. The fourth-order valence-electron chi connectivity index (χ4n) is 2.81. The molecule has 18 heavy (non-hydrogen) atoms. The van der Waals surface area contributed by atoms with Crippen LogP contribution in [0.1, 0.15) is 34.8 Å². The fraction of sp³-hybridized carbons (Fsp3) is 0.308. The summed E-state index contributed by atoms with van der Waals surface area (Å²) < 4.78 is 0. The second-order valence-electron chi connectivity index (χ2n) is 5.15. The average molecular weight is 243 g/mol. The van der Waals surface area contributed by atoms with E-state index in [-0.39, 0.29) is 11.3 Å². The van der Waals surface area contributed by atoms with E-state index in [1.165, 1.54) is 0 Å². The van der Waals surface area contributed by atoms with Gasteiger partial charge in [0, 0.05) is 23.0 Å². The van der Waals surface area contributed by atoms with E-state index >= 15 is 0 Å². The van der Waals surface area contributed by atoms with Crippen molar-refractivity contribution in [2.75, 3.05) is 0 Å². The highest BCUT2D eigenvalue weighted by molar-refractivity contribution is 6.12. The first-order valence-electron chi connectivity index (χ1n) is 5.80. The molecule has 0 fully saturated rings. The number of nitrogens with one attached hydrogen (secondary N) is 1. The van der Waals surface area contributed by atoms with Gasteiger partial charge >= 0.3 is 0 Å². The van der Waals surface area contributed by atoms with Gasteiger partial charge in [0.05, 0.1) is 5.71 Å². The van der Waals surface area contributed by atoms with Crippen LogP contribution in [0.25, 0.3) is 0 Å². The number of nitrogens with zero attached hydrogens (tertiary/aromatic N) is 1. The Kier molecular flexibility index (Phi) is 2.08. The number of amides is 2. The molecule has 0 saturated carbocycles. The third-order valence-electron chi connectivity index (χ3n) is 3.64. The van der Waals surface area contributed by atoms with Crippen molar-refractivity contribution in [3.63, 3.8) is 0 Å². The molecule has 3 rings (SSSR count). The molecule has 2 aliphatic rings. The lowest BCUT2D eigenvalue weighted by molar-refractivity contribution is -0.122. The number of fused-ring (bicyclic) bond motifs is 3. The van der Waals surface area contributed by atoms with Gasteiger partial charge in [-0.1, -0.05) is 13.0 Å². The van der Waals surface area contributed by atoms with E-state index in [0.29, 0.717) is 12.0 Å². The maximum absolute atomic E-state index is 11.4. The van der Waals surface area contributed by atoms with E-state index in [1.54, 1.807) is 12.1 Å². The Labute approximate surface area is 104 Å². The van der Waals surface area contributed by atoms with Gasteiger partial charge in [0.15, 0.2) is 0 Å². The van der Waals surface area contributed by atoms with E-state index in [4.69, 9.17) is 5.73 Å². The maximum atomic E-state index is 11.4. The van der Waals surface area contributed by atoms with Gasteiger partial charge in [-0.25, -0.2) is 5.43 Å². The topological polar surface area (TPSA) is 84.6 Å². The molecule has 0 aromatic heterocycles. The predicted octanol–water partition coefficient (Wildman–Crippen LogP) is 0.572. The van der Waals surface area contributed by atoms with Gasteiger partial charge < -0.3 is 5.73 Å². The molecule has 0 spiro atoms. The van der Waals surface area contributed by atoms with Crippen molar-refractivity contribution in [2.24, 2.45) is 16.3 Å². The van der Waals surface area contributed by atoms with Gasteiger partial charge in [-0.05, 0) is 24.1 Å². The number of hydrazone groups is 1. The Morgan fingerprint density at radius 3 is 2.94 bits per heavy atom. The Morgan fingerprint density at radius 2 is 2.22 bits per heavy atom. The lowest BCUT2D eigenvalue weighted by atomic mass is 9.81. The highest BCUT2D eigenvalue weighted by Crippen LogP contribution is 2.41. The van der Waals surface area contributed by atoms with E-state index < -0.39 is 5.91 Å². The van der Waals surface area contributed by atoms with Crippen molar-refractivity contribution in [3.8, 4) is 0 Å². The number of hydrogen-bond donors (Lipinski definition) is 2. The van der Waals surface area contributed by atoms with Crippen molar-refractivity contribution in [1.82, 2.24) is 5.43 Å². The van der Waals surface area contributed by atoms with Crippen LogP contribution in [0, 0.1) is 5.41 Å². The molecule has 1 aliphatic carbocycles. The third kappa shape index (κ3) is 1.44. The number of carbonyl (C=O) groups is 2. The van der Waals surface area contributed by atoms with Gasteiger partial charge in [-0.3, -0.25) is 9.59 Å². The molecular weight excluding hydrogens is 230 g/mol. The summed E-state index contributed by atoms with van der Waals surface area (Å²) in [5, 5.41) is 4.16. The van der Waals surface area contributed by atoms with E-state index in [2.05, 4.69) is 10.5 Å². The molecule has 1 heterocycles. The highest BCUT2D eigenvalue weighted by Gasteiger charge is 2.43. The molecule has 1 aromatic carbocycles. The minimum atomic E-state index is -0.436. The summed E-state index contributed by atoms with van der Waals surface area (Å²) in [6, 6.07) is 5.36. The molecular formula is C13H13N3O2. The summed E-state index contributed by atoms with van der Waals surface area (Å²) in [7, 11) is 0. The Bertz CT molecular complexity index is 606. The molecule has 0 radical (unpaired) electrons. The molecule has 5 heteroatoms. The molecule has 3 N–H and O–H groups in total. The number of carbonyl (C=O) groups excluding carboxylic acids is 2. The second kappa shape index (κ2) is 3.41. The van der Waals surface area contributed by atoms with E-state index in [1.807, 2.05) is 13.0 Å². The molecule has 5 nitrogen and oxygen atoms in total. The number of primary amides is 1. The SMILES string of the molecule is CC12CC(=O)NN=C1c1ccc(C(N)=O)cc1C2. The van der Waals surface area contributed by atoms with E-state index in [0.717, 1.165) is 23.3 Å². The van der Waals surface area contributed by atoms with E-state index in [9.17, 15) is 9.59 Å². The summed E-state index contributed by atoms with van der Waals surface area (Å²) in [6.45, 7) is 2.02. The van der Waals surface area contributed by atoms with Crippen LogP contribution in [0.5, 0.6) is 0 Å². The van der Waals surface area contributed by atoms with Gasteiger partial charge in [-0.15, -0.1) is 0 Å².